The van der Waals surface area contributed by atoms with E-state index in [-0.39, 0.29) is 30.3 Å². The fourth-order valence-electron chi connectivity index (χ4n) is 1.90. The Morgan fingerprint density at radius 2 is 2.20 bits per heavy atom. The second-order valence-corrected chi connectivity index (χ2v) is 5.45. The van der Waals surface area contributed by atoms with Crippen molar-refractivity contribution in [3.63, 3.8) is 0 Å². The molecule has 1 saturated carbocycles. The number of rotatable bonds is 7. The molecule has 1 aliphatic rings. The third kappa shape index (κ3) is 4.45. The van der Waals surface area contributed by atoms with E-state index in [0.29, 0.717) is 31.2 Å². The Morgan fingerprint density at radius 1 is 1.50 bits per heavy atom. The van der Waals surface area contributed by atoms with Gasteiger partial charge in [-0.3, -0.25) is 4.79 Å². The van der Waals surface area contributed by atoms with Gasteiger partial charge in [0.05, 0.1) is 0 Å². The van der Waals surface area contributed by atoms with Crippen molar-refractivity contribution in [3.8, 4) is 0 Å². The average molecular weight is 303 g/mol. The number of nitrogens with two attached hydrogens (primary N) is 1. The summed E-state index contributed by atoms with van der Waals surface area (Å²) in [5, 5.41) is 6.94. The predicted molar refractivity (Wildman–Crippen MR) is 77.5 cm³/mol. The standard InChI is InChI=1S/C13H22N4O2.ClH/c1-8(2)11(15-10(18)4-3-7-14)13-16-12(17-19-13)9-5-6-9;/h8-9,11H,3-7,14H2,1-2H3,(H,15,18);1H. The molecule has 1 aliphatic carbocycles. The normalized spacial score (nSPS) is 15.8. The zero-order valence-electron chi connectivity index (χ0n) is 12.0. The molecule has 1 aromatic heterocycles. The lowest BCUT2D eigenvalue weighted by Crippen LogP contribution is -2.32. The molecule has 0 aliphatic heterocycles. The van der Waals surface area contributed by atoms with Crippen LogP contribution in [0.25, 0.3) is 0 Å². The van der Waals surface area contributed by atoms with Crippen LogP contribution < -0.4 is 11.1 Å². The molecule has 1 unspecified atom stereocenters. The Hall–Kier alpha value is -1.14. The lowest BCUT2D eigenvalue weighted by molar-refractivity contribution is -0.122. The number of carbonyl (C=O) groups is 1. The first-order valence-corrected chi connectivity index (χ1v) is 6.94. The summed E-state index contributed by atoms with van der Waals surface area (Å²) in [5.41, 5.74) is 5.40. The highest BCUT2D eigenvalue weighted by Crippen LogP contribution is 2.38. The van der Waals surface area contributed by atoms with Crippen molar-refractivity contribution in [1.82, 2.24) is 15.5 Å². The number of halogens is 1. The molecule has 1 atom stereocenters. The summed E-state index contributed by atoms with van der Waals surface area (Å²) in [5.74, 6) is 1.93. The molecule has 114 valence electrons. The lowest BCUT2D eigenvalue weighted by atomic mass is 10.0. The Kier molecular flexibility index (Phi) is 6.42. The Balaban J connectivity index is 0.00000200. The molecule has 0 spiro atoms. The topological polar surface area (TPSA) is 94.0 Å². The number of nitrogens with zero attached hydrogens (tertiary/aromatic N) is 2. The monoisotopic (exact) mass is 302 g/mol. The number of carbonyl (C=O) groups excluding carboxylic acids is 1. The molecule has 0 saturated heterocycles. The van der Waals surface area contributed by atoms with Crippen molar-refractivity contribution < 1.29 is 9.32 Å². The third-order valence-corrected chi connectivity index (χ3v) is 3.26. The zero-order valence-corrected chi connectivity index (χ0v) is 12.8. The number of hydrogen-bond acceptors (Lipinski definition) is 5. The summed E-state index contributed by atoms with van der Waals surface area (Å²) in [7, 11) is 0. The van der Waals surface area contributed by atoms with Crippen molar-refractivity contribution in [1.29, 1.82) is 0 Å². The lowest BCUT2D eigenvalue weighted by Gasteiger charge is -2.18. The Morgan fingerprint density at radius 3 is 2.75 bits per heavy atom. The van der Waals surface area contributed by atoms with Crippen molar-refractivity contribution in [2.24, 2.45) is 11.7 Å². The van der Waals surface area contributed by atoms with Crippen LogP contribution in [0, 0.1) is 5.92 Å². The molecule has 0 bridgehead atoms. The highest BCUT2D eigenvalue weighted by Gasteiger charge is 2.31. The van der Waals surface area contributed by atoms with Gasteiger partial charge in [-0.25, -0.2) is 0 Å². The van der Waals surface area contributed by atoms with Gasteiger partial charge in [-0.2, -0.15) is 4.98 Å². The Labute approximate surface area is 125 Å². The SMILES string of the molecule is CC(C)C(NC(=O)CCCN)c1nc(C2CC2)no1.Cl. The second-order valence-electron chi connectivity index (χ2n) is 5.45. The van der Waals surface area contributed by atoms with Gasteiger partial charge in [0.25, 0.3) is 0 Å². The number of nitrogens with one attached hydrogen (secondary N) is 1. The molecule has 6 nitrogen and oxygen atoms in total. The van der Waals surface area contributed by atoms with Crippen molar-refractivity contribution in [3.05, 3.63) is 11.7 Å². The van der Waals surface area contributed by atoms with Gasteiger partial charge in [-0.05, 0) is 31.7 Å². The molecule has 1 aromatic rings. The molecule has 1 amide bonds. The fourth-order valence-corrected chi connectivity index (χ4v) is 1.90. The van der Waals surface area contributed by atoms with Crippen molar-refractivity contribution >= 4 is 18.3 Å². The van der Waals surface area contributed by atoms with Crippen LogP contribution in [0.4, 0.5) is 0 Å². The molecule has 1 heterocycles. The molecule has 0 aromatic carbocycles. The van der Waals surface area contributed by atoms with Crippen LogP contribution in [0.2, 0.25) is 0 Å². The van der Waals surface area contributed by atoms with E-state index in [0.717, 1.165) is 18.7 Å². The molecule has 1 fully saturated rings. The highest BCUT2D eigenvalue weighted by molar-refractivity contribution is 5.85. The minimum absolute atomic E-state index is 0. The molecule has 7 heteroatoms. The van der Waals surface area contributed by atoms with E-state index in [1.54, 1.807) is 0 Å². The molecular weight excluding hydrogens is 280 g/mol. The Bertz CT molecular complexity index is 432. The van der Waals surface area contributed by atoms with E-state index in [4.69, 9.17) is 10.3 Å². The first-order chi connectivity index (χ1) is 9.11. The summed E-state index contributed by atoms with van der Waals surface area (Å²) < 4.78 is 5.29. The van der Waals surface area contributed by atoms with Crippen LogP contribution in [0.3, 0.4) is 0 Å². The molecule has 3 N–H and O–H groups in total. The van der Waals surface area contributed by atoms with Gasteiger partial charge in [0, 0.05) is 12.3 Å². The van der Waals surface area contributed by atoms with Gasteiger partial charge in [-0.15, -0.1) is 12.4 Å². The van der Waals surface area contributed by atoms with E-state index in [1.807, 2.05) is 13.8 Å². The van der Waals surface area contributed by atoms with Gasteiger partial charge >= 0.3 is 0 Å². The smallest absolute Gasteiger partial charge is 0.249 e. The highest BCUT2D eigenvalue weighted by atomic mass is 35.5. The van der Waals surface area contributed by atoms with E-state index in [2.05, 4.69) is 15.5 Å². The summed E-state index contributed by atoms with van der Waals surface area (Å²) in [6.07, 6.45) is 3.39. The second kappa shape index (κ2) is 7.59. The first kappa shape index (κ1) is 16.9. The first-order valence-electron chi connectivity index (χ1n) is 6.94. The zero-order chi connectivity index (χ0) is 13.8. The van der Waals surface area contributed by atoms with Crippen molar-refractivity contribution in [2.45, 2.75) is 51.5 Å². The van der Waals surface area contributed by atoms with Crippen LogP contribution in [0.5, 0.6) is 0 Å². The van der Waals surface area contributed by atoms with Gasteiger partial charge < -0.3 is 15.6 Å². The van der Waals surface area contributed by atoms with Crippen LogP contribution in [-0.2, 0) is 4.79 Å². The average Bonchev–Trinajstić information content (AvgIpc) is 3.12. The maximum Gasteiger partial charge on any atom is 0.249 e. The predicted octanol–water partition coefficient (Wildman–Crippen LogP) is 1.92. The van der Waals surface area contributed by atoms with Crippen LogP contribution in [0.1, 0.15) is 63.2 Å². The third-order valence-electron chi connectivity index (χ3n) is 3.26. The van der Waals surface area contributed by atoms with Crippen LogP contribution in [-0.4, -0.2) is 22.6 Å². The van der Waals surface area contributed by atoms with Crippen molar-refractivity contribution in [2.75, 3.05) is 6.54 Å². The van der Waals surface area contributed by atoms with E-state index < -0.39 is 0 Å². The van der Waals surface area contributed by atoms with Gasteiger partial charge in [0.1, 0.15) is 6.04 Å². The van der Waals surface area contributed by atoms with E-state index in [1.165, 1.54) is 0 Å². The van der Waals surface area contributed by atoms with E-state index >= 15 is 0 Å². The largest absolute Gasteiger partial charge is 0.344 e. The molecular formula is C13H23ClN4O2. The minimum atomic E-state index is -0.217. The number of amides is 1. The van der Waals surface area contributed by atoms with Gasteiger partial charge in [0.15, 0.2) is 5.82 Å². The van der Waals surface area contributed by atoms with Gasteiger partial charge in [0.2, 0.25) is 11.8 Å². The fraction of sp³-hybridized carbons (Fsp3) is 0.769. The molecule has 20 heavy (non-hydrogen) atoms. The van der Waals surface area contributed by atoms with Crippen LogP contribution in [0.15, 0.2) is 4.52 Å². The maximum absolute atomic E-state index is 11.8. The summed E-state index contributed by atoms with van der Waals surface area (Å²) in [6, 6.07) is -0.217. The van der Waals surface area contributed by atoms with Gasteiger partial charge in [-0.1, -0.05) is 19.0 Å². The summed E-state index contributed by atoms with van der Waals surface area (Å²) in [6.45, 7) is 4.57. The number of hydrogen-bond donors (Lipinski definition) is 2. The summed E-state index contributed by atoms with van der Waals surface area (Å²) >= 11 is 0. The molecule has 2 rings (SSSR count). The quantitative estimate of drug-likeness (QED) is 0.802. The number of aromatic nitrogens is 2. The summed E-state index contributed by atoms with van der Waals surface area (Å²) in [4.78, 5) is 16.2. The minimum Gasteiger partial charge on any atom is -0.344 e. The van der Waals surface area contributed by atoms with E-state index in [9.17, 15) is 4.79 Å². The maximum atomic E-state index is 11.8. The van der Waals surface area contributed by atoms with Crippen LogP contribution >= 0.6 is 12.4 Å². The molecule has 0 radical (unpaired) electrons.